The van der Waals surface area contributed by atoms with E-state index < -0.39 is 0 Å². The monoisotopic (exact) mass is 310 g/mol. The highest BCUT2D eigenvalue weighted by Crippen LogP contribution is 2.39. The van der Waals surface area contributed by atoms with Crippen LogP contribution in [0.1, 0.15) is 51.9 Å². The van der Waals surface area contributed by atoms with Crippen LogP contribution < -0.4 is 11.5 Å². The molecule has 0 radical (unpaired) electrons. The highest BCUT2D eigenvalue weighted by Gasteiger charge is 2.36. The van der Waals surface area contributed by atoms with E-state index >= 15 is 0 Å². The van der Waals surface area contributed by atoms with Crippen LogP contribution in [0.15, 0.2) is 0 Å². The third-order valence-electron chi connectivity index (χ3n) is 6.23. The smallest absolute Gasteiger partial charge is 0.0108 e. The van der Waals surface area contributed by atoms with Crippen molar-refractivity contribution < 1.29 is 0 Å². The first-order valence-corrected chi connectivity index (χ1v) is 9.51. The molecule has 0 amide bonds. The van der Waals surface area contributed by atoms with Gasteiger partial charge in [-0.15, -0.1) is 0 Å². The minimum atomic E-state index is 0.718. The third kappa shape index (κ3) is 4.67. The predicted molar refractivity (Wildman–Crippen MR) is 94.9 cm³/mol. The lowest BCUT2D eigenvalue weighted by atomic mass is 9.71. The van der Waals surface area contributed by atoms with Gasteiger partial charge in [0.2, 0.25) is 0 Å². The number of nitrogens with two attached hydrogens (primary N) is 2. The van der Waals surface area contributed by atoms with E-state index in [4.69, 9.17) is 11.5 Å². The van der Waals surface area contributed by atoms with Crippen LogP contribution in [0.5, 0.6) is 0 Å². The fourth-order valence-corrected chi connectivity index (χ4v) is 4.87. The van der Waals surface area contributed by atoms with Crippen LogP contribution in [0.3, 0.4) is 0 Å². The maximum Gasteiger partial charge on any atom is 0.0108 e. The molecule has 4 heteroatoms. The number of hydrogen-bond acceptors (Lipinski definition) is 4. The Balaban J connectivity index is 1.90. The Kier molecular flexibility index (Phi) is 7.61. The van der Waals surface area contributed by atoms with Gasteiger partial charge in [0, 0.05) is 25.2 Å². The number of rotatable bonds is 7. The largest absolute Gasteiger partial charge is 0.330 e. The number of hydrogen-bond donors (Lipinski definition) is 2. The van der Waals surface area contributed by atoms with E-state index in [-0.39, 0.29) is 0 Å². The maximum atomic E-state index is 5.80. The summed E-state index contributed by atoms with van der Waals surface area (Å²) in [4.78, 5) is 5.21. The number of likely N-dealkylation sites (tertiary alicyclic amines) is 1. The van der Waals surface area contributed by atoms with Crippen LogP contribution in [0.2, 0.25) is 0 Å². The normalized spacial score (nSPS) is 34.2. The van der Waals surface area contributed by atoms with E-state index in [1.54, 1.807) is 0 Å². The van der Waals surface area contributed by atoms with E-state index in [1.165, 1.54) is 45.1 Å². The molecule has 4 unspecified atom stereocenters. The molecule has 1 saturated carbocycles. The van der Waals surface area contributed by atoms with Crippen molar-refractivity contribution in [2.24, 2.45) is 23.3 Å². The second-order valence-corrected chi connectivity index (χ2v) is 7.57. The predicted octanol–water partition coefficient (Wildman–Crippen LogP) is 1.89. The van der Waals surface area contributed by atoms with Gasteiger partial charge >= 0.3 is 0 Å². The van der Waals surface area contributed by atoms with Gasteiger partial charge in [-0.1, -0.05) is 12.8 Å². The van der Waals surface area contributed by atoms with E-state index in [9.17, 15) is 0 Å². The number of piperidine rings is 1. The Morgan fingerprint density at radius 1 is 1.09 bits per heavy atom. The Bertz CT molecular complexity index is 307. The molecule has 0 aromatic heterocycles. The minimum absolute atomic E-state index is 0.718. The summed E-state index contributed by atoms with van der Waals surface area (Å²) < 4.78 is 0. The summed E-state index contributed by atoms with van der Waals surface area (Å²) in [5.41, 5.74) is 11.5. The Morgan fingerprint density at radius 3 is 2.64 bits per heavy atom. The Morgan fingerprint density at radius 2 is 1.91 bits per heavy atom. The van der Waals surface area contributed by atoms with Gasteiger partial charge in [-0.05, 0) is 77.5 Å². The van der Waals surface area contributed by atoms with Crippen molar-refractivity contribution in [1.82, 2.24) is 9.80 Å². The minimum Gasteiger partial charge on any atom is -0.330 e. The van der Waals surface area contributed by atoms with Crippen LogP contribution >= 0.6 is 0 Å². The summed E-state index contributed by atoms with van der Waals surface area (Å²) in [6.07, 6.45) is 9.53. The zero-order valence-corrected chi connectivity index (χ0v) is 14.8. The molecular weight excluding hydrogens is 272 g/mol. The quantitative estimate of drug-likeness (QED) is 0.754. The molecule has 22 heavy (non-hydrogen) atoms. The van der Waals surface area contributed by atoms with Gasteiger partial charge in [-0.25, -0.2) is 0 Å². The lowest BCUT2D eigenvalue weighted by Gasteiger charge is -2.46. The van der Waals surface area contributed by atoms with Crippen molar-refractivity contribution in [1.29, 1.82) is 0 Å². The molecule has 1 aliphatic heterocycles. The molecule has 1 aliphatic carbocycles. The molecule has 4 atom stereocenters. The molecule has 0 bridgehead atoms. The SMILES string of the molecule is CC1C(C2CCCC(N(C)CCCN)C2)CCCN1CCN. The molecule has 2 fully saturated rings. The standard InChI is InChI=1S/C18H38N4/c1-15-18(8-4-12-22(15)13-10-20)16-6-3-7-17(14-16)21(2)11-5-9-19/h15-18H,3-14,19-20H2,1-2H3. The Labute approximate surface area is 137 Å². The van der Waals surface area contributed by atoms with E-state index in [2.05, 4.69) is 23.8 Å². The highest BCUT2D eigenvalue weighted by molar-refractivity contribution is 4.90. The molecule has 0 aromatic rings. The zero-order chi connectivity index (χ0) is 15.9. The molecule has 2 rings (SSSR count). The molecule has 2 aliphatic rings. The first-order chi connectivity index (χ1) is 10.7. The summed E-state index contributed by atoms with van der Waals surface area (Å²) in [6.45, 7) is 7.54. The van der Waals surface area contributed by atoms with E-state index in [0.29, 0.717) is 0 Å². The molecular formula is C18H38N4. The maximum absolute atomic E-state index is 5.80. The molecule has 4 nitrogen and oxygen atoms in total. The molecule has 4 N–H and O–H groups in total. The van der Waals surface area contributed by atoms with Crippen LogP contribution in [-0.2, 0) is 0 Å². The van der Waals surface area contributed by atoms with Crippen molar-refractivity contribution in [3.8, 4) is 0 Å². The molecule has 0 aromatic carbocycles. The summed E-state index contributed by atoms with van der Waals surface area (Å²) >= 11 is 0. The highest BCUT2D eigenvalue weighted by atomic mass is 15.2. The van der Waals surface area contributed by atoms with Gasteiger partial charge in [0.15, 0.2) is 0 Å². The van der Waals surface area contributed by atoms with Gasteiger partial charge in [-0.2, -0.15) is 0 Å². The van der Waals surface area contributed by atoms with Crippen LogP contribution in [0.25, 0.3) is 0 Å². The van der Waals surface area contributed by atoms with Crippen molar-refractivity contribution in [3.63, 3.8) is 0 Å². The average molecular weight is 311 g/mol. The van der Waals surface area contributed by atoms with Gasteiger partial charge in [0.05, 0.1) is 0 Å². The molecule has 0 spiro atoms. The lowest BCUT2D eigenvalue weighted by Crippen LogP contribution is -2.49. The van der Waals surface area contributed by atoms with Crippen molar-refractivity contribution >= 4 is 0 Å². The van der Waals surface area contributed by atoms with Crippen molar-refractivity contribution in [3.05, 3.63) is 0 Å². The fraction of sp³-hybridized carbons (Fsp3) is 1.00. The fourth-order valence-electron chi connectivity index (χ4n) is 4.87. The summed E-state index contributed by atoms with van der Waals surface area (Å²) in [5, 5.41) is 0. The van der Waals surface area contributed by atoms with Gasteiger partial charge < -0.3 is 16.4 Å². The summed E-state index contributed by atoms with van der Waals surface area (Å²) in [7, 11) is 2.30. The second-order valence-electron chi connectivity index (χ2n) is 7.57. The van der Waals surface area contributed by atoms with Crippen LogP contribution in [0, 0.1) is 11.8 Å². The average Bonchev–Trinajstić information content (AvgIpc) is 2.55. The Hall–Kier alpha value is -0.160. The second kappa shape index (κ2) is 9.21. The first-order valence-electron chi connectivity index (χ1n) is 9.51. The first kappa shape index (κ1) is 18.2. The molecule has 130 valence electrons. The zero-order valence-electron chi connectivity index (χ0n) is 14.8. The van der Waals surface area contributed by atoms with Crippen LogP contribution in [-0.4, -0.2) is 61.7 Å². The summed E-state index contributed by atoms with van der Waals surface area (Å²) in [5.74, 6) is 1.79. The van der Waals surface area contributed by atoms with E-state index in [1.807, 2.05) is 0 Å². The van der Waals surface area contributed by atoms with Crippen LogP contribution in [0.4, 0.5) is 0 Å². The third-order valence-corrected chi connectivity index (χ3v) is 6.23. The van der Waals surface area contributed by atoms with E-state index in [0.717, 1.165) is 56.5 Å². The van der Waals surface area contributed by atoms with Crippen molar-refractivity contribution in [2.75, 3.05) is 39.8 Å². The molecule has 1 saturated heterocycles. The van der Waals surface area contributed by atoms with Gasteiger partial charge in [0.25, 0.3) is 0 Å². The summed E-state index contributed by atoms with van der Waals surface area (Å²) in [6, 6.07) is 1.50. The molecule has 1 heterocycles. The number of nitrogens with zero attached hydrogens (tertiary/aromatic N) is 2. The lowest BCUT2D eigenvalue weighted by molar-refractivity contribution is 0.0400. The van der Waals surface area contributed by atoms with Gasteiger partial charge in [-0.3, -0.25) is 4.90 Å². The van der Waals surface area contributed by atoms with Gasteiger partial charge in [0.1, 0.15) is 0 Å². The topological polar surface area (TPSA) is 58.5 Å². The van der Waals surface area contributed by atoms with Crippen molar-refractivity contribution in [2.45, 2.75) is 64.0 Å².